The third-order valence-electron chi connectivity index (χ3n) is 5.58. The lowest BCUT2D eigenvalue weighted by molar-refractivity contribution is -0.141. The first-order valence-corrected chi connectivity index (χ1v) is 11.4. The van der Waals surface area contributed by atoms with Crippen LogP contribution < -0.4 is 21.8 Å². The van der Waals surface area contributed by atoms with Gasteiger partial charge in [-0.1, -0.05) is 45.0 Å². The molecule has 0 aromatic heterocycles. The van der Waals surface area contributed by atoms with E-state index in [0.717, 1.165) is 28.1 Å². The van der Waals surface area contributed by atoms with Crippen LogP contribution in [0.2, 0.25) is 0 Å². The van der Waals surface area contributed by atoms with Crippen LogP contribution in [-0.2, 0) is 20.4 Å². The lowest BCUT2D eigenvalue weighted by Crippen LogP contribution is -2.58. The molecule has 2 aliphatic heterocycles. The Labute approximate surface area is 192 Å². The normalized spacial score (nSPS) is 19.5. The molecule has 1 aromatic rings. The Hall–Kier alpha value is -2.72. The van der Waals surface area contributed by atoms with Gasteiger partial charge in [-0.2, -0.15) is 4.28 Å². The van der Waals surface area contributed by atoms with Crippen molar-refractivity contribution in [3.05, 3.63) is 41.1 Å². The first kappa shape index (κ1) is 23.9. The molecule has 5 N–H and O–H groups in total. The standard InChI is InChI=1S/C22H31N5O4S/c1-13-17(32-31-26-13)15-9-7-14(8-10-15)12-24-19(28)16-6-5-11-27(16)20(29)18(22(2,3)4)25-21(23)30/h7-10,16,18,26H,5-6,11-12H2,1-4H3,(H,24,28)(H3,23,25,30). The minimum Gasteiger partial charge on any atom is -0.352 e. The zero-order valence-corrected chi connectivity index (χ0v) is 19.7. The Kier molecular flexibility index (Phi) is 7.35. The Morgan fingerprint density at radius 3 is 2.53 bits per heavy atom. The van der Waals surface area contributed by atoms with Crippen LogP contribution in [0.1, 0.15) is 51.7 Å². The summed E-state index contributed by atoms with van der Waals surface area (Å²) >= 11 is 1.28. The smallest absolute Gasteiger partial charge is 0.312 e. The molecule has 174 valence electrons. The molecule has 32 heavy (non-hydrogen) atoms. The van der Waals surface area contributed by atoms with Gasteiger partial charge in [0.25, 0.3) is 0 Å². The second-order valence-electron chi connectivity index (χ2n) is 9.13. The summed E-state index contributed by atoms with van der Waals surface area (Å²) in [6.45, 7) is 8.33. The fraction of sp³-hybridized carbons (Fsp3) is 0.500. The van der Waals surface area contributed by atoms with Crippen molar-refractivity contribution in [1.29, 1.82) is 0 Å². The topological polar surface area (TPSA) is 126 Å². The van der Waals surface area contributed by atoms with Gasteiger partial charge in [0, 0.05) is 13.1 Å². The minimum absolute atomic E-state index is 0.200. The Morgan fingerprint density at radius 2 is 1.97 bits per heavy atom. The summed E-state index contributed by atoms with van der Waals surface area (Å²) in [5.41, 5.74) is 10.5. The van der Waals surface area contributed by atoms with Crippen molar-refractivity contribution in [3.63, 3.8) is 0 Å². The molecule has 0 aliphatic carbocycles. The summed E-state index contributed by atoms with van der Waals surface area (Å²) in [7, 11) is 0. The van der Waals surface area contributed by atoms with E-state index in [-0.39, 0.29) is 11.8 Å². The molecule has 3 rings (SSSR count). The maximum Gasteiger partial charge on any atom is 0.312 e. The van der Waals surface area contributed by atoms with Gasteiger partial charge in [0.15, 0.2) is 0 Å². The average molecular weight is 462 g/mol. The molecule has 2 aliphatic rings. The molecule has 0 bridgehead atoms. The summed E-state index contributed by atoms with van der Waals surface area (Å²) in [6, 6.07) is 5.76. The largest absolute Gasteiger partial charge is 0.352 e. The van der Waals surface area contributed by atoms with Gasteiger partial charge in [0.1, 0.15) is 12.1 Å². The molecule has 1 fully saturated rings. The van der Waals surface area contributed by atoms with Crippen molar-refractivity contribution in [2.24, 2.45) is 11.1 Å². The van der Waals surface area contributed by atoms with Gasteiger partial charge in [0.05, 0.1) is 22.6 Å². The Bertz CT molecular complexity index is 910. The van der Waals surface area contributed by atoms with Crippen molar-refractivity contribution >= 4 is 34.8 Å². The molecule has 1 aromatic carbocycles. The van der Waals surface area contributed by atoms with E-state index in [1.54, 1.807) is 4.90 Å². The number of rotatable bonds is 6. The number of allylic oxidation sites excluding steroid dienone is 1. The second-order valence-corrected chi connectivity index (χ2v) is 9.88. The van der Waals surface area contributed by atoms with Crippen LogP contribution in [-0.4, -0.2) is 41.4 Å². The van der Waals surface area contributed by atoms with E-state index in [4.69, 9.17) is 10.0 Å². The van der Waals surface area contributed by atoms with E-state index in [2.05, 4.69) is 16.1 Å². The molecular formula is C22H31N5O4S. The molecule has 1 saturated heterocycles. The van der Waals surface area contributed by atoms with Gasteiger partial charge in [-0.25, -0.2) is 4.79 Å². The number of nitrogens with one attached hydrogen (secondary N) is 3. The first-order chi connectivity index (χ1) is 15.1. The third kappa shape index (κ3) is 5.55. The maximum absolute atomic E-state index is 13.2. The summed E-state index contributed by atoms with van der Waals surface area (Å²) in [5, 5.41) is 5.49. The average Bonchev–Trinajstić information content (AvgIpc) is 3.38. The molecule has 0 spiro atoms. The van der Waals surface area contributed by atoms with Crippen molar-refractivity contribution in [1.82, 2.24) is 21.0 Å². The number of hydroxylamine groups is 1. The minimum atomic E-state index is -0.800. The van der Waals surface area contributed by atoms with E-state index in [1.807, 2.05) is 52.0 Å². The molecule has 2 unspecified atom stereocenters. The third-order valence-corrected chi connectivity index (χ3v) is 6.46. The van der Waals surface area contributed by atoms with Crippen LogP contribution in [0.25, 0.3) is 4.91 Å². The van der Waals surface area contributed by atoms with E-state index in [9.17, 15) is 14.4 Å². The highest BCUT2D eigenvalue weighted by Gasteiger charge is 2.41. The van der Waals surface area contributed by atoms with Gasteiger partial charge in [0.2, 0.25) is 11.8 Å². The Balaban J connectivity index is 1.62. The van der Waals surface area contributed by atoms with Gasteiger partial charge < -0.3 is 21.3 Å². The number of hydrogen-bond acceptors (Lipinski definition) is 6. The number of nitrogens with zero attached hydrogens (tertiary/aromatic N) is 1. The summed E-state index contributed by atoms with van der Waals surface area (Å²) < 4.78 is 5.15. The quantitative estimate of drug-likeness (QED) is 0.482. The first-order valence-electron chi connectivity index (χ1n) is 10.6. The second kappa shape index (κ2) is 9.83. The number of urea groups is 1. The number of nitrogens with two attached hydrogens (primary N) is 1. The zero-order valence-electron chi connectivity index (χ0n) is 18.9. The molecule has 9 nitrogen and oxygen atoms in total. The van der Waals surface area contributed by atoms with Crippen LogP contribution in [0.5, 0.6) is 0 Å². The maximum atomic E-state index is 13.2. The summed E-state index contributed by atoms with van der Waals surface area (Å²) in [4.78, 5) is 40.1. The van der Waals surface area contributed by atoms with E-state index in [1.165, 1.54) is 12.0 Å². The molecular weight excluding hydrogens is 430 g/mol. The number of hydrogen-bond donors (Lipinski definition) is 4. The molecule has 2 heterocycles. The van der Waals surface area contributed by atoms with E-state index >= 15 is 0 Å². The lowest BCUT2D eigenvalue weighted by atomic mass is 9.85. The van der Waals surface area contributed by atoms with E-state index < -0.39 is 23.5 Å². The van der Waals surface area contributed by atoms with Crippen molar-refractivity contribution in [3.8, 4) is 0 Å². The number of carbonyl (C=O) groups is 3. The van der Waals surface area contributed by atoms with Crippen molar-refractivity contribution in [2.45, 2.75) is 59.2 Å². The van der Waals surface area contributed by atoms with Gasteiger partial charge >= 0.3 is 6.03 Å². The summed E-state index contributed by atoms with van der Waals surface area (Å²) in [6.07, 6.45) is 1.32. The highest BCUT2D eigenvalue weighted by atomic mass is 32.2. The predicted molar refractivity (Wildman–Crippen MR) is 123 cm³/mol. The predicted octanol–water partition coefficient (Wildman–Crippen LogP) is 2.25. The zero-order chi connectivity index (χ0) is 23.5. The number of primary amides is 1. The van der Waals surface area contributed by atoms with Gasteiger partial charge in [-0.15, -0.1) is 0 Å². The van der Waals surface area contributed by atoms with Crippen LogP contribution in [0.15, 0.2) is 30.0 Å². The monoisotopic (exact) mass is 461 g/mol. The Morgan fingerprint density at radius 1 is 1.28 bits per heavy atom. The number of carbonyl (C=O) groups excluding carboxylic acids is 3. The highest BCUT2D eigenvalue weighted by molar-refractivity contribution is 8.04. The molecule has 2 atom stereocenters. The highest BCUT2D eigenvalue weighted by Crippen LogP contribution is 2.34. The van der Waals surface area contributed by atoms with Gasteiger partial charge in [-0.3, -0.25) is 15.1 Å². The SMILES string of the molecule is CC1=C(c2ccc(CNC(=O)C3CCCN3C(=O)C(NC(N)=O)C(C)(C)C)cc2)SON1. The van der Waals surface area contributed by atoms with Crippen LogP contribution in [0.4, 0.5) is 4.79 Å². The van der Waals surface area contributed by atoms with Crippen LogP contribution >= 0.6 is 12.0 Å². The van der Waals surface area contributed by atoms with Gasteiger partial charge in [-0.05, 0) is 36.3 Å². The van der Waals surface area contributed by atoms with Crippen LogP contribution in [0.3, 0.4) is 0 Å². The van der Waals surface area contributed by atoms with Crippen molar-refractivity contribution in [2.75, 3.05) is 6.54 Å². The summed E-state index contributed by atoms with van der Waals surface area (Å²) in [5.74, 6) is -0.485. The van der Waals surface area contributed by atoms with Crippen molar-refractivity contribution < 1.29 is 18.7 Å². The van der Waals surface area contributed by atoms with Crippen LogP contribution in [0, 0.1) is 5.41 Å². The molecule has 0 saturated carbocycles. The molecule has 4 amide bonds. The number of likely N-dealkylation sites (tertiary alicyclic amines) is 1. The lowest BCUT2D eigenvalue weighted by Gasteiger charge is -2.35. The molecule has 10 heteroatoms. The van der Waals surface area contributed by atoms with E-state index in [0.29, 0.717) is 19.5 Å². The number of amides is 4. The fourth-order valence-electron chi connectivity index (χ4n) is 3.84. The number of benzene rings is 1. The molecule has 0 radical (unpaired) electrons. The fourth-order valence-corrected chi connectivity index (χ4v) is 4.49.